The number of rotatable bonds is 2. The van der Waals surface area contributed by atoms with Crippen LogP contribution in [0.1, 0.15) is 25.3 Å². The molecule has 2 fully saturated rings. The zero-order valence-electron chi connectivity index (χ0n) is 11.1. The summed E-state index contributed by atoms with van der Waals surface area (Å²) in [7, 11) is 0. The lowest BCUT2D eigenvalue weighted by Gasteiger charge is -2.39. The Morgan fingerprint density at radius 2 is 2.22 bits per heavy atom. The lowest BCUT2D eigenvalue weighted by atomic mass is 10.1. The van der Waals surface area contributed by atoms with Gasteiger partial charge in [-0.1, -0.05) is 30.3 Å². The Bertz CT molecular complexity index is 387. The molecule has 2 saturated heterocycles. The molecule has 2 atom stereocenters. The Hall–Kier alpha value is -0.510. The van der Waals surface area contributed by atoms with Gasteiger partial charge in [0.15, 0.2) is 0 Å². The molecule has 0 saturated carbocycles. The summed E-state index contributed by atoms with van der Waals surface area (Å²) in [6.45, 7) is 5.89. The molecule has 2 nitrogen and oxygen atoms in total. The minimum Gasteiger partial charge on any atom is -0.301 e. The van der Waals surface area contributed by atoms with Crippen molar-refractivity contribution in [2.45, 2.75) is 37.2 Å². The largest absolute Gasteiger partial charge is 0.301 e. The molecular weight excluding hydrogens is 240 g/mol. The Balaban J connectivity index is 1.69. The molecule has 2 heterocycles. The van der Waals surface area contributed by atoms with Gasteiger partial charge in [-0.15, -0.1) is 11.8 Å². The van der Waals surface area contributed by atoms with Gasteiger partial charge in [0.25, 0.3) is 0 Å². The molecule has 0 bridgehead atoms. The van der Waals surface area contributed by atoms with Gasteiger partial charge in [0.05, 0.1) is 4.87 Å². The monoisotopic (exact) mass is 262 g/mol. The minimum atomic E-state index is 0.326. The standard InChI is InChI=1S/C15H22N2S/c1-13-15(16-9-5-11-18-15)8-10-17(13)12-14-6-3-2-4-7-14/h2-4,6-7,13,16H,5,8-12H2,1H3. The van der Waals surface area contributed by atoms with Crippen LogP contribution < -0.4 is 5.32 Å². The quantitative estimate of drug-likeness (QED) is 0.882. The third kappa shape index (κ3) is 2.31. The third-order valence-electron chi connectivity index (χ3n) is 4.33. The van der Waals surface area contributed by atoms with Gasteiger partial charge in [-0.05, 0) is 37.6 Å². The average Bonchev–Trinajstić information content (AvgIpc) is 2.71. The lowest BCUT2D eigenvalue weighted by Crippen LogP contribution is -2.53. The van der Waals surface area contributed by atoms with Gasteiger partial charge >= 0.3 is 0 Å². The van der Waals surface area contributed by atoms with Crippen molar-refractivity contribution in [3.63, 3.8) is 0 Å². The average molecular weight is 262 g/mol. The van der Waals surface area contributed by atoms with E-state index in [4.69, 9.17) is 0 Å². The predicted molar refractivity (Wildman–Crippen MR) is 78.7 cm³/mol. The van der Waals surface area contributed by atoms with E-state index < -0.39 is 0 Å². The summed E-state index contributed by atoms with van der Waals surface area (Å²) in [4.78, 5) is 2.95. The Kier molecular flexibility index (Phi) is 3.64. The van der Waals surface area contributed by atoms with Gasteiger partial charge in [0.1, 0.15) is 0 Å². The van der Waals surface area contributed by atoms with Crippen molar-refractivity contribution in [2.75, 3.05) is 18.8 Å². The molecule has 1 N–H and O–H groups in total. The molecule has 2 aliphatic rings. The number of nitrogens with one attached hydrogen (secondary N) is 1. The maximum atomic E-state index is 3.78. The van der Waals surface area contributed by atoms with E-state index in [1.54, 1.807) is 0 Å². The highest BCUT2D eigenvalue weighted by atomic mass is 32.2. The van der Waals surface area contributed by atoms with Gasteiger partial charge in [-0.3, -0.25) is 4.90 Å². The first kappa shape index (κ1) is 12.5. The second kappa shape index (κ2) is 5.24. The number of likely N-dealkylation sites (tertiary alicyclic amines) is 1. The van der Waals surface area contributed by atoms with Gasteiger partial charge in [-0.25, -0.2) is 0 Å². The van der Waals surface area contributed by atoms with Crippen LogP contribution in [-0.4, -0.2) is 34.7 Å². The highest BCUT2D eigenvalue weighted by Gasteiger charge is 2.45. The lowest BCUT2D eigenvalue weighted by molar-refractivity contribution is 0.230. The molecule has 18 heavy (non-hydrogen) atoms. The minimum absolute atomic E-state index is 0.326. The van der Waals surface area contributed by atoms with Crippen molar-refractivity contribution in [2.24, 2.45) is 0 Å². The van der Waals surface area contributed by atoms with Crippen LogP contribution in [0.3, 0.4) is 0 Å². The first-order valence-electron chi connectivity index (χ1n) is 6.97. The second-order valence-electron chi connectivity index (χ2n) is 5.40. The van der Waals surface area contributed by atoms with E-state index >= 15 is 0 Å². The van der Waals surface area contributed by atoms with Crippen LogP contribution in [0.2, 0.25) is 0 Å². The van der Waals surface area contributed by atoms with Crippen molar-refractivity contribution >= 4 is 11.8 Å². The van der Waals surface area contributed by atoms with Crippen molar-refractivity contribution in [1.29, 1.82) is 0 Å². The van der Waals surface area contributed by atoms with E-state index in [-0.39, 0.29) is 0 Å². The maximum Gasteiger partial charge on any atom is 0.0811 e. The van der Waals surface area contributed by atoms with E-state index in [9.17, 15) is 0 Å². The Morgan fingerprint density at radius 1 is 1.39 bits per heavy atom. The molecule has 1 spiro atoms. The molecule has 0 aliphatic carbocycles. The fourth-order valence-corrected chi connectivity index (χ4v) is 4.63. The summed E-state index contributed by atoms with van der Waals surface area (Å²) in [6.07, 6.45) is 2.60. The summed E-state index contributed by atoms with van der Waals surface area (Å²) in [5.41, 5.74) is 1.43. The highest BCUT2D eigenvalue weighted by Crippen LogP contribution is 2.40. The molecule has 1 aromatic rings. The SMILES string of the molecule is CC1N(Cc2ccccc2)CCC12NCCCS2. The predicted octanol–water partition coefficient (Wildman–Crippen LogP) is 2.70. The smallest absolute Gasteiger partial charge is 0.0811 e. The zero-order valence-corrected chi connectivity index (χ0v) is 11.9. The summed E-state index contributed by atoms with van der Waals surface area (Å²) < 4.78 is 0. The normalized spacial score (nSPS) is 33.1. The van der Waals surface area contributed by atoms with E-state index in [0.717, 1.165) is 6.54 Å². The van der Waals surface area contributed by atoms with Crippen LogP contribution in [0.15, 0.2) is 30.3 Å². The van der Waals surface area contributed by atoms with Gasteiger partial charge in [-0.2, -0.15) is 0 Å². The molecule has 0 aromatic heterocycles. The summed E-state index contributed by atoms with van der Waals surface area (Å²) in [6, 6.07) is 11.5. The van der Waals surface area contributed by atoms with Crippen LogP contribution in [0.25, 0.3) is 0 Å². The number of hydrogen-bond acceptors (Lipinski definition) is 3. The summed E-state index contributed by atoms with van der Waals surface area (Å²) in [5, 5.41) is 3.78. The maximum absolute atomic E-state index is 3.78. The molecule has 3 rings (SSSR count). The molecule has 0 radical (unpaired) electrons. The fourth-order valence-electron chi connectivity index (χ4n) is 3.15. The molecular formula is C15H22N2S. The first-order chi connectivity index (χ1) is 8.80. The van der Waals surface area contributed by atoms with Crippen LogP contribution in [0, 0.1) is 0 Å². The highest BCUT2D eigenvalue weighted by molar-refractivity contribution is 8.00. The molecule has 98 valence electrons. The van der Waals surface area contributed by atoms with Crippen molar-refractivity contribution in [3.05, 3.63) is 35.9 Å². The molecule has 2 unspecified atom stereocenters. The molecule has 3 heteroatoms. The van der Waals surface area contributed by atoms with Gasteiger partial charge in [0.2, 0.25) is 0 Å². The molecule has 1 aromatic carbocycles. The van der Waals surface area contributed by atoms with Gasteiger partial charge in [0, 0.05) is 19.1 Å². The third-order valence-corrected chi connectivity index (χ3v) is 6.02. The number of benzene rings is 1. The first-order valence-corrected chi connectivity index (χ1v) is 7.96. The fraction of sp³-hybridized carbons (Fsp3) is 0.600. The van der Waals surface area contributed by atoms with Crippen molar-refractivity contribution in [1.82, 2.24) is 10.2 Å². The summed E-state index contributed by atoms with van der Waals surface area (Å²) >= 11 is 2.14. The Labute approximate surface area is 114 Å². The molecule has 2 aliphatic heterocycles. The number of thioether (sulfide) groups is 1. The number of hydrogen-bond donors (Lipinski definition) is 1. The van der Waals surface area contributed by atoms with Crippen molar-refractivity contribution in [3.8, 4) is 0 Å². The van der Waals surface area contributed by atoms with Crippen LogP contribution >= 0.6 is 11.8 Å². The number of nitrogens with zero attached hydrogens (tertiary/aromatic N) is 1. The van der Waals surface area contributed by atoms with Crippen LogP contribution in [-0.2, 0) is 6.54 Å². The van der Waals surface area contributed by atoms with E-state index in [1.807, 2.05) is 0 Å². The van der Waals surface area contributed by atoms with E-state index in [0.29, 0.717) is 10.9 Å². The topological polar surface area (TPSA) is 15.3 Å². The van der Waals surface area contributed by atoms with Crippen LogP contribution in [0.5, 0.6) is 0 Å². The Morgan fingerprint density at radius 3 is 2.94 bits per heavy atom. The van der Waals surface area contributed by atoms with Gasteiger partial charge < -0.3 is 5.32 Å². The summed E-state index contributed by atoms with van der Waals surface area (Å²) in [5.74, 6) is 1.32. The zero-order chi connectivity index (χ0) is 12.4. The van der Waals surface area contributed by atoms with Crippen LogP contribution in [0.4, 0.5) is 0 Å². The molecule has 0 amide bonds. The second-order valence-corrected chi connectivity index (χ2v) is 6.83. The van der Waals surface area contributed by atoms with E-state index in [1.165, 1.54) is 37.2 Å². The van der Waals surface area contributed by atoms with Crippen molar-refractivity contribution < 1.29 is 0 Å². The van der Waals surface area contributed by atoms with E-state index in [2.05, 4.69) is 59.2 Å².